The van der Waals surface area contributed by atoms with Crippen LogP contribution in [0.1, 0.15) is 18.1 Å². The maximum Gasteiger partial charge on any atom is 0.230 e. The topological polar surface area (TPSA) is 66.9 Å². The third kappa shape index (κ3) is 4.09. The Morgan fingerprint density at radius 1 is 1.24 bits per heavy atom. The van der Waals surface area contributed by atoms with Crippen molar-refractivity contribution in [3.05, 3.63) is 29.3 Å². The molecule has 0 fully saturated rings. The Morgan fingerprint density at radius 2 is 1.90 bits per heavy atom. The third-order valence-electron chi connectivity index (χ3n) is 3.08. The molecule has 21 heavy (non-hydrogen) atoms. The molecule has 6 heteroatoms. The van der Waals surface area contributed by atoms with Crippen LogP contribution in [0.3, 0.4) is 0 Å². The molecule has 0 bridgehead atoms. The van der Waals surface area contributed by atoms with Gasteiger partial charge in [0.2, 0.25) is 11.0 Å². The molecule has 2 rings (SSSR count). The highest BCUT2D eigenvalue weighted by Gasteiger charge is 2.15. The summed E-state index contributed by atoms with van der Waals surface area (Å²) < 4.78 is 0. The first-order valence-electron chi connectivity index (χ1n) is 6.87. The van der Waals surface area contributed by atoms with Crippen LogP contribution in [0.5, 0.6) is 0 Å². The Balaban J connectivity index is 2.13. The summed E-state index contributed by atoms with van der Waals surface area (Å²) in [5.74, 6) is -0.156. The van der Waals surface area contributed by atoms with Crippen LogP contribution in [-0.2, 0) is 4.79 Å². The van der Waals surface area contributed by atoms with Gasteiger partial charge in [-0.05, 0) is 33.0 Å². The third-order valence-corrected chi connectivity index (χ3v) is 3.97. The molecule has 0 saturated carbocycles. The molecule has 112 valence electrons. The fourth-order valence-electron chi connectivity index (χ4n) is 2.12. The fraction of sp³-hybridized carbons (Fsp3) is 0.400. The smallest absolute Gasteiger partial charge is 0.230 e. The number of hydrogen-bond donors (Lipinski definition) is 2. The fourth-order valence-corrected chi connectivity index (χ4v) is 2.85. The molecule has 1 amide bonds. The van der Waals surface area contributed by atoms with Crippen LogP contribution >= 0.6 is 11.3 Å². The van der Waals surface area contributed by atoms with E-state index in [0.29, 0.717) is 11.7 Å². The van der Waals surface area contributed by atoms with Gasteiger partial charge in [-0.25, -0.2) is 0 Å². The Labute approximate surface area is 128 Å². The van der Waals surface area contributed by atoms with Gasteiger partial charge in [-0.15, -0.1) is 10.2 Å². The summed E-state index contributed by atoms with van der Waals surface area (Å²) in [6.45, 7) is 6.62. The van der Waals surface area contributed by atoms with Crippen LogP contribution in [-0.4, -0.2) is 29.7 Å². The largest absolute Gasteiger partial charge is 0.319 e. The number of anilines is 1. The Hall–Kier alpha value is -1.79. The van der Waals surface area contributed by atoms with E-state index in [0.717, 1.165) is 10.6 Å². The molecule has 1 unspecified atom stereocenters. The molecule has 1 aromatic heterocycles. The van der Waals surface area contributed by atoms with E-state index < -0.39 is 0 Å². The van der Waals surface area contributed by atoms with Crippen molar-refractivity contribution in [2.45, 2.75) is 20.8 Å². The first-order chi connectivity index (χ1) is 9.99. The second kappa shape index (κ2) is 6.78. The lowest BCUT2D eigenvalue weighted by atomic mass is 10.1. The summed E-state index contributed by atoms with van der Waals surface area (Å²) in [6.07, 6.45) is 0. The zero-order valence-electron chi connectivity index (χ0n) is 12.7. The van der Waals surface area contributed by atoms with Crippen LogP contribution in [0.4, 0.5) is 5.13 Å². The van der Waals surface area contributed by atoms with Gasteiger partial charge in [-0.2, -0.15) is 0 Å². The van der Waals surface area contributed by atoms with Crippen molar-refractivity contribution in [1.29, 1.82) is 0 Å². The van der Waals surface area contributed by atoms with Crippen molar-refractivity contribution < 1.29 is 4.79 Å². The van der Waals surface area contributed by atoms with Crippen molar-refractivity contribution in [3.8, 4) is 10.6 Å². The zero-order valence-corrected chi connectivity index (χ0v) is 13.5. The number of aryl methyl sites for hydroxylation is 2. The first-order valence-corrected chi connectivity index (χ1v) is 7.69. The summed E-state index contributed by atoms with van der Waals surface area (Å²) in [4.78, 5) is 11.9. The van der Waals surface area contributed by atoms with E-state index in [2.05, 4.69) is 52.9 Å². The molecule has 0 aliphatic heterocycles. The van der Waals surface area contributed by atoms with Crippen molar-refractivity contribution in [3.63, 3.8) is 0 Å². The zero-order chi connectivity index (χ0) is 15.4. The van der Waals surface area contributed by atoms with E-state index in [1.165, 1.54) is 22.5 Å². The highest BCUT2D eigenvalue weighted by molar-refractivity contribution is 7.18. The number of rotatable bonds is 5. The second-order valence-electron chi connectivity index (χ2n) is 5.24. The molecule has 0 saturated heterocycles. The van der Waals surface area contributed by atoms with Crippen molar-refractivity contribution >= 4 is 22.4 Å². The van der Waals surface area contributed by atoms with Gasteiger partial charge in [-0.3, -0.25) is 4.79 Å². The Bertz CT molecular complexity index is 618. The maximum atomic E-state index is 11.9. The molecule has 2 aromatic rings. The number of carbonyl (C=O) groups excluding carboxylic acids is 1. The highest BCUT2D eigenvalue weighted by Crippen LogP contribution is 2.28. The molecule has 1 atom stereocenters. The van der Waals surface area contributed by atoms with E-state index in [1.807, 2.05) is 14.0 Å². The standard InChI is InChI=1S/C15H20N4OS/c1-9-5-10(2)7-12(6-9)14-18-19-15(21-14)17-13(20)11(3)8-16-4/h5-7,11,16H,8H2,1-4H3,(H,17,19,20). The van der Waals surface area contributed by atoms with E-state index in [1.54, 1.807) is 0 Å². The Kier molecular flexibility index (Phi) is 5.03. The number of aromatic nitrogens is 2. The van der Waals surface area contributed by atoms with Crippen molar-refractivity contribution in [2.24, 2.45) is 5.92 Å². The average Bonchev–Trinajstić information content (AvgIpc) is 2.86. The van der Waals surface area contributed by atoms with Gasteiger partial charge in [0.05, 0.1) is 0 Å². The van der Waals surface area contributed by atoms with Gasteiger partial charge in [0, 0.05) is 18.0 Å². The van der Waals surface area contributed by atoms with Crippen LogP contribution < -0.4 is 10.6 Å². The lowest BCUT2D eigenvalue weighted by Crippen LogP contribution is -2.28. The summed E-state index contributed by atoms with van der Waals surface area (Å²) in [5, 5.41) is 15.4. The summed E-state index contributed by atoms with van der Waals surface area (Å²) in [6, 6.07) is 6.26. The van der Waals surface area contributed by atoms with Gasteiger partial charge in [0.1, 0.15) is 5.01 Å². The predicted molar refractivity (Wildman–Crippen MR) is 86.5 cm³/mol. The minimum atomic E-state index is -0.108. The molecule has 5 nitrogen and oxygen atoms in total. The van der Waals surface area contributed by atoms with Gasteiger partial charge in [0.15, 0.2) is 0 Å². The SMILES string of the molecule is CNCC(C)C(=O)Nc1nnc(-c2cc(C)cc(C)c2)s1. The van der Waals surface area contributed by atoms with Crippen molar-refractivity contribution in [1.82, 2.24) is 15.5 Å². The number of hydrogen-bond acceptors (Lipinski definition) is 5. The first kappa shape index (κ1) is 15.6. The molecule has 2 N–H and O–H groups in total. The molecule has 0 spiro atoms. The number of benzene rings is 1. The normalized spacial score (nSPS) is 12.2. The van der Waals surface area contributed by atoms with Crippen LogP contribution in [0.25, 0.3) is 10.6 Å². The van der Waals surface area contributed by atoms with Crippen LogP contribution in [0.2, 0.25) is 0 Å². The number of nitrogens with one attached hydrogen (secondary N) is 2. The van der Waals surface area contributed by atoms with Gasteiger partial charge in [0.25, 0.3) is 0 Å². The molecule has 0 radical (unpaired) electrons. The van der Waals surface area contributed by atoms with Crippen molar-refractivity contribution in [2.75, 3.05) is 18.9 Å². The maximum absolute atomic E-state index is 11.9. The molecular formula is C15H20N4OS. The van der Waals surface area contributed by atoms with E-state index in [4.69, 9.17) is 0 Å². The predicted octanol–water partition coefficient (Wildman–Crippen LogP) is 2.62. The summed E-state index contributed by atoms with van der Waals surface area (Å²) in [5.41, 5.74) is 3.41. The van der Waals surface area contributed by atoms with E-state index in [-0.39, 0.29) is 11.8 Å². The molecule has 0 aliphatic carbocycles. The lowest BCUT2D eigenvalue weighted by Gasteiger charge is -2.08. The highest BCUT2D eigenvalue weighted by atomic mass is 32.1. The minimum Gasteiger partial charge on any atom is -0.319 e. The van der Waals surface area contributed by atoms with E-state index >= 15 is 0 Å². The van der Waals surface area contributed by atoms with Gasteiger partial charge >= 0.3 is 0 Å². The second-order valence-corrected chi connectivity index (χ2v) is 6.21. The van der Waals surface area contributed by atoms with Gasteiger partial charge in [-0.1, -0.05) is 35.5 Å². The van der Waals surface area contributed by atoms with E-state index in [9.17, 15) is 4.79 Å². The number of carbonyl (C=O) groups is 1. The summed E-state index contributed by atoms with van der Waals surface area (Å²) in [7, 11) is 1.83. The molecular weight excluding hydrogens is 284 g/mol. The molecule has 0 aliphatic rings. The van der Waals surface area contributed by atoms with Crippen LogP contribution in [0, 0.1) is 19.8 Å². The molecule has 1 heterocycles. The Morgan fingerprint density at radius 3 is 2.52 bits per heavy atom. The van der Waals surface area contributed by atoms with Crippen LogP contribution in [0.15, 0.2) is 18.2 Å². The van der Waals surface area contributed by atoms with Gasteiger partial charge < -0.3 is 10.6 Å². The molecule has 1 aromatic carbocycles. The monoisotopic (exact) mass is 304 g/mol. The number of amides is 1. The average molecular weight is 304 g/mol. The minimum absolute atomic E-state index is 0.0486. The summed E-state index contributed by atoms with van der Waals surface area (Å²) >= 11 is 1.39. The quantitative estimate of drug-likeness (QED) is 0.891. The number of nitrogens with zero attached hydrogens (tertiary/aromatic N) is 2. The lowest BCUT2D eigenvalue weighted by molar-refractivity contribution is -0.119.